The van der Waals surface area contributed by atoms with E-state index in [4.69, 9.17) is 0 Å². The van der Waals surface area contributed by atoms with Gasteiger partial charge in [-0.3, -0.25) is 9.78 Å². The zero-order valence-electron chi connectivity index (χ0n) is 12.9. The van der Waals surface area contributed by atoms with Crippen molar-refractivity contribution in [3.05, 3.63) is 65.1 Å². The van der Waals surface area contributed by atoms with E-state index in [9.17, 15) is 4.79 Å². The summed E-state index contributed by atoms with van der Waals surface area (Å²) in [6, 6.07) is 9.76. The fraction of sp³-hybridized carbons (Fsp3) is 0.263. The van der Waals surface area contributed by atoms with Gasteiger partial charge in [-0.1, -0.05) is 0 Å². The first-order valence-electron chi connectivity index (χ1n) is 8.12. The number of aromatic nitrogens is 2. The number of hydrogen-bond donors (Lipinski definition) is 2. The fourth-order valence-corrected chi connectivity index (χ4v) is 3.33. The average molecular weight is 305 g/mol. The molecule has 4 rings (SSSR count). The normalized spacial score (nSPS) is 13.7. The SMILES string of the molecule is O=C(NCc1ccncc1)c1ccc2[nH]c3c(c2c1)CCCC3. The second-order valence-electron chi connectivity index (χ2n) is 6.09. The lowest BCUT2D eigenvalue weighted by Crippen LogP contribution is -2.22. The van der Waals surface area contributed by atoms with Crippen molar-refractivity contribution >= 4 is 16.8 Å². The molecule has 116 valence electrons. The van der Waals surface area contributed by atoms with Gasteiger partial charge in [0.2, 0.25) is 0 Å². The molecule has 2 N–H and O–H groups in total. The molecule has 0 aliphatic heterocycles. The Morgan fingerprint density at radius 3 is 2.83 bits per heavy atom. The number of hydrogen-bond acceptors (Lipinski definition) is 2. The Hall–Kier alpha value is -2.62. The Morgan fingerprint density at radius 1 is 1.13 bits per heavy atom. The number of fused-ring (bicyclic) bond motifs is 3. The number of benzene rings is 1. The Bertz CT molecular complexity index is 852. The van der Waals surface area contributed by atoms with Crippen molar-refractivity contribution in [2.75, 3.05) is 0 Å². The predicted octanol–water partition coefficient (Wildman–Crippen LogP) is 3.37. The lowest BCUT2D eigenvalue weighted by molar-refractivity contribution is 0.0951. The molecule has 23 heavy (non-hydrogen) atoms. The van der Waals surface area contributed by atoms with Crippen LogP contribution in [-0.2, 0) is 19.4 Å². The minimum Gasteiger partial charge on any atom is -0.358 e. The number of aromatic amines is 1. The number of amides is 1. The summed E-state index contributed by atoms with van der Waals surface area (Å²) in [5, 5.41) is 4.18. The summed E-state index contributed by atoms with van der Waals surface area (Å²) in [6.45, 7) is 0.518. The standard InChI is InChI=1S/C19H19N3O/c23-19(21-12-13-7-9-20-10-8-13)14-5-6-18-16(11-14)15-3-1-2-4-17(15)22-18/h5-11,22H,1-4,12H2,(H,21,23). The third kappa shape index (κ3) is 2.72. The summed E-state index contributed by atoms with van der Waals surface area (Å²) in [5.41, 5.74) is 5.66. The molecular formula is C19H19N3O. The van der Waals surface area contributed by atoms with Crippen molar-refractivity contribution in [1.29, 1.82) is 0 Å². The Morgan fingerprint density at radius 2 is 1.96 bits per heavy atom. The fourth-order valence-electron chi connectivity index (χ4n) is 3.33. The molecule has 3 aromatic rings. The predicted molar refractivity (Wildman–Crippen MR) is 90.3 cm³/mol. The van der Waals surface area contributed by atoms with Crippen LogP contribution in [0.25, 0.3) is 10.9 Å². The van der Waals surface area contributed by atoms with Crippen molar-refractivity contribution in [3.63, 3.8) is 0 Å². The van der Waals surface area contributed by atoms with Gasteiger partial charge in [0.25, 0.3) is 5.91 Å². The number of carbonyl (C=O) groups is 1. The van der Waals surface area contributed by atoms with Gasteiger partial charge in [-0.05, 0) is 67.1 Å². The maximum Gasteiger partial charge on any atom is 0.251 e. The highest BCUT2D eigenvalue weighted by Crippen LogP contribution is 2.29. The molecule has 0 radical (unpaired) electrons. The number of nitrogens with one attached hydrogen (secondary N) is 2. The van der Waals surface area contributed by atoms with Crippen LogP contribution in [0, 0.1) is 0 Å². The lowest BCUT2D eigenvalue weighted by atomic mass is 9.95. The summed E-state index contributed by atoms with van der Waals surface area (Å²) in [4.78, 5) is 19.9. The second-order valence-corrected chi connectivity index (χ2v) is 6.09. The van der Waals surface area contributed by atoms with Gasteiger partial charge in [0.05, 0.1) is 0 Å². The molecule has 0 saturated carbocycles. The van der Waals surface area contributed by atoms with E-state index in [0.717, 1.165) is 29.5 Å². The molecule has 1 aliphatic rings. The highest BCUT2D eigenvalue weighted by Gasteiger charge is 2.16. The summed E-state index contributed by atoms with van der Waals surface area (Å²) in [7, 11) is 0. The maximum absolute atomic E-state index is 12.4. The number of H-pyrrole nitrogens is 1. The molecule has 2 aromatic heterocycles. The van der Waals surface area contributed by atoms with E-state index in [-0.39, 0.29) is 5.91 Å². The number of aryl methyl sites for hydroxylation is 2. The van der Waals surface area contributed by atoms with Gasteiger partial charge in [-0.2, -0.15) is 0 Å². The molecule has 0 saturated heterocycles. The first-order chi connectivity index (χ1) is 11.3. The second kappa shape index (κ2) is 5.88. The first kappa shape index (κ1) is 14.0. The first-order valence-corrected chi connectivity index (χ1v) is 8.12. The van der Waals surface area contributed by atoms with Gasteiger partial charge < -0.3 is 10.3 Å². The van der Waals surface area contributed by atoms with Crippen molar-refractivity contribution < 1.29 is 4.79 Å². The average Bonchev–Trinajstić information content (AvgIpc) is 2.98. The molecule has 0 fully saturated rings. The molecular weight excluding hydrogens is 286 g/mol. The third-order valence-corrected chi connectivity index (χ3v) is 4.56. The third-order valence-electron chi connectivity index (χ3n) is 4.56. The Balaban J connectivity index is 1.57. The minimum absolute atomic E-state index is 0.0329. The van der Waals surface area contributed by atoms with E-state index in [2.05, 4.69) is 15.3 Å². The van der Waals surface area contributed by atoms with E-state index in [0.29, 0.717) is 6.54 Å². The zero-order chi connectivity index (χ0) is 15.6. The van der Waals surface area contributed by atoms with Crippen LogP contribution in [0.4, 0.5) is 0 Å². The largest absolute Gasteiger partial charge is 0.358 e. The summed E-state index contributed by atoms with van der Waals surface area (Å²) >= 11 is 0. The van der Waals surface area contributed by atoms with Crippen LogP contribution >= 0.6 is 0 Å². The quantitative estimate of drug-likeness (QED) is 0.779. The summed E-state index contributed by atoms with van der Waals surface area (Å²) in [5.74, 6) is -0.0329. The highest BCUT2D eigenvalue weighted by atomic mass is 16.1. The molecule has 1 aromatic carbocycles. The van der Waals surface area contributed by atoms with Crippen LogP contribution in [0.15, 0.2) is 42.7 Å². The monoisotopic (exact) mass is 305 g/mol. The Labute approximate surface area is 134 Å². The van der Waals surface area contributed by atoms with Crippen LogP contribution in [0.3, 0.4) is 0 Å². The van der Waals surface area contributed by atoms with E-state index in [1.54, 1.807) is 12.4 Å². The van der Waals surface area contributed by atoms with Crippen LogP contribution < -0.4 is 5.32 Å². The molecule has 1 aliphatic carbocycles. The molecule has 0 bridgehead atoms. The van der Waals surface area contributed by atoms with Gasteiger partial charge in [0, 0.05) is 41.1 Å². The maximum atomic E-state index is 12.4. The van der Waals surface area contributed by atoms with Gasteiger partial charge in [-0.15, -0.1) is 0 Å². The van der Waals surface area contributed by atoms with Crippen LogP contribution in [0.2, 0.25) is 0 Å². The van der Waals surface area contributed by atoms with Gasteiger partial charge in [-0.25, -0.2) is 0 Å². The number of rotatable bonds is 3. The van der Waals surface area contributed by atoms with Crippen LogP contribution in [-0.4, -0.2) is 15.9 Å². The highest BCUT2D eigenvalue weighted by molar-refractivity contribution is 5.99. The number of pyridine rings is 1. The lowest BCUT2D eigenvalue weighted by Gasteiger charge is -2.10. The Kier molecular flexibility index (Phi) is 3.58. The molecule has 0 unspecified atom stereocenters. The minimum atomic E-state index is -0.0329. The van der Waals surface area contributed by atoms with Crippen molar-refractivity contribution in [2.45, 2.75) is 32.2 Å². The van der Waals surface area contributed by atoms with E-state index in [1.165, 1.54) is 29.5 Å². The smallest absolute Gasteiger partial charge is 0.251 e. The number of carbonyl (C=O) groups excluding carboxylic acids is 1. The molecule has 4 heteroatoms. The van der Waals surface area contributed by atoms with Crippen molar-refractivity contribution in [2.24, 2.45) is 0 Å². The molecule has 2 heterocycles. The summed E-state index contributed by atoms with van der Waals surface area (Å²) < 4.78 is 0. The van der Waals surface area contributed by atoms with Gasteiger partial charge in [0.15, 0.2) is 0 Å². The molecule has 0 spiro atoms. The van der Waals surface area contributed by atoms with Crippen molar-refractivity contribution in [3.8, 4) is 0 Å². The van der Waals surface area contributed by atoms with Gasteiger partial charge >= 0.3 is 0 Å². The molecule has 1 amide bonds. The molecule has 4 nitrogen and oxygen atoms in total. The van der Waals surface area contributed by atoms with Crippen molar-refractivity contribution in [1.82, 2.24) is 15.3 Å². The zero-order valence-corrected chi connectivity index (χ0v) is 12.9. The van der Waals surface area contributed by atoms with E-state index in [1.807, 2.05) is 30.3 Å². The van der Waals surface area contributed by atoms with Crippen LogP contribution in [0.5, 0.6) is 0 Å². The summed E-state index contributed by atoms with van der Waals surface area (Å²) in [6.07, 6.45) is 8.18. The molecule has 0 atom stereocenters. The van der Waals surface area contributed by atoms with E-state index >= 15 is 0 Å². The van der Waals surface area contributed by atoms with E-state index < -0.39 is 0 Å². The van der Waals surface area contributed by atoms with Crippen LogP contribution in [0.1, 0.15) is 40.0 Å². The number of nitrogens with zero attached hydrogens (tertiary/aromatic N) is 1. The van der Waals surface area contributed by atoms with Gasteiger partial charge in [0.1, 0.15) is 0 Å². The topological polar surface area (TPSA) is 57.8 Å².